The topological polar surface area (TPSA) is 100 Å². The zero-order chi connectivity index (χ0) is 22.7. The fraction of sp³-hybridized carbons (Fsp3) is 0.348. The number of carbonyl (C=O) groups is 1. The first-order chi connectivity index (χ1) is 14.5. The van der Waals surface area contributed by atoms with E-state index in [0.29, 0.717) is 11.3 Å². The van der Waals surface area contributed by atoms with Gasteiger partial charge in [0.15, 0.2) is 0 Å². The van der Waals surface area contributed by atoms with Crippen molar-refractivity contribution in [3.8, 4) is 0 Å². The van der Waals surface area contributed by atoms with Crippen molar-refractivity contribution in [2.24, 2.45) is 5.41 Å². The van der Waals surface area contributed by atoms with Crippen LogP contribution in [0.25, 0.3) is 0 Å². The highest BCUT2D eigenvalue weighted by molar-refractivity contribution is 6.05. The lowest BCUT2D eigenvalue weighted by molar-refractivity contribution is 0.0959. The van der Waals surface area contributed by atoms with Crippen LogP contribution in [-0.4, -0.2) is 5.91 Å². The van der Waals surface area contributed by atoms with Crippen molar-refractivity contribution in [1.82, 2.24) is 5.32 Å². The van der Waals surface area contributed by atoms with E-state index in [1.807, 2.05) is 39.8 Å². The van der Waals surface area contributed by atoms with E-state index in [1.54, 1.807) is 6.92 Å². The molecule has 3 aromatic rings. The van der Waals surface area contributed by atoms with Gasteiger partial charge in [0.2, 0.25) is 0 Å². The molecule has 0 fully saturated rings. The van der Waals surface area contributed by atoms with Gasteiger partial charge in [0.1, 0.15) is 28.7 Å². The van der Waals surface area contributed by atoms with E-state index < -0.39 is 28.6 Å². The molecule has 3 N–H and O–H groups in total. The van der Waals surface area contributed by atoms with E-state index in [0.717, 1.165) is 5.76 Å². The maximum Gasteiger partial charge on any atom is 0.254 e. The number of halogens is 1. The molecule has 2 heterocycles. The van der Waals surface area contributed by atoms with Crippen LogP contribution in [0.4, 0.5) is 21.5 Å². The van der Waals surface area contributed by atoms with Gasteiger partial charge < -0.3 is 20.4 Å². The van der Waals surface area contributed by atoms with Crippen LogP contribution < -0.4 is 26.8 Å². The van der Waals surface area contributed by atoms with E-state index in [2.05, 4.69) is 16.0 Å². The quantitative estimate of drug-likeness (QED) is 0.533. The van der Waals surface area contributed by atoms with Gasteiger partial charge in [-0.15, -0.1) is 0 Å². The van der Waals surface area contributed by atoms with Crippen molar-refractivity contribution in [1.29, 1.82) is 0 Å². The van der Waals surface area contributed by atoms with E-state index in [9.17, 15) is 18.8 Å². The standard InChI is InChI=1S/C23H24FN3O4/c1-10-6-9-14(31-10)21(23(3,4)5)27-18-17(19(28)20(18)29)26-16-13(24)8-7-12-11(2)25-22(30)15(12)16/h6-9,11,21,26-27H,1-5H3,(H,25,30). The third-order valence-electron chi connectivity index (χ3n) is 5.59. The van der Waals surface area contributed by atoms with Crippen LogP contribution in [0.15, 0.2) is 38.3 Å². The number of benzene rings is 1. The minimum absolute atomic E-state index is 0.0439. The number of hydrogen-bond acceptors (Lipinski definition) is 6. The third-order valence-corrected chi connectivity index (χ3v) is 5.59. The average Bonchev–Trinajstić information content (AvgIpc) is 3.23. The Balaban J connectivity index is 1.73. The van der Waals surface area contributed by atoms with Crippen molar-refractivity contribution in [3.63, 3.8) is 0 Å². The highest BCUT2D eigenvalue weighted by Gasteiger charge is 2.35. The van der Waals surface area contributed by atoms with Gasteiger partial charge in [-0.2, -0.15) is 0 Å². The lowest BCUT2D eigenvalue weighted by Gasteiger charge is -2.31. The molecule has 8 heteroatoms. The van der Waals surface area contributed by atoms with Crippen LogP contribution in [0.2, 0.25) is 0 Å². The molecule has 162 valence electrons. The van der Waals surface area contributed by atoms with Gasteiger partial charge in [-0.1, -0.05) is 26.8 Å². The molecule has 7 nitrogen and oxygen atoms in total. The zero-order valence-corrected chi connectivity index (χ0v) is 18.0. The molecular formula is C23H24FN3O4. The third kappa shape index (κ3) is 3.41. The molecule has 0 aliphatic carbocycles. The van der Waals surface area contributed by atoms with Gasteiger partial charge in [-0.3, -0.25) is 14.4 Å². The van der Waals surface area contributed by atoms with Crippen LogP contribution in [0.5, 0.6) is 0 Å². The fourth-order valence-electron chi connectivity index (χ4n) is 3.91. The Morgan fingerprint density at radius 2 is 1.71 bits per heavy atom. The number of rotatable bonds is 5. The van der Waals surface area contributed by atoms with E-state index in [1.165, 1.54) is 12.1 Å². The highest BCUT2D eigenvalue weighted by atomic mass is 19.1. The Morgan fingerprint density at radius 3 is 2.32 bits per heavy atom. The SMILES string of the molecule is Cc1ccc(C(Nc2c(Nc3c(F)ccc4c3C(=O)NC4C)c(=O)c2=O)C(C)(C)C)o1. The first-order valence-corrected chi connectivity index (χ1v) is 10.1. The fourth-order valence-corrected chi connectivity index (χ4v) is 3.91. The molecule has 0 radical (unpaired) electrons. The molecule has 2 atom stereocenters. The number of amides is 1. The summed E-state index contributed by atoms with van der Waals surface area (Å²) in [6, 6.07) is 5.71. The predicted octanol–water partition coefficient (Wildman–Crippen LogP) is 4.07. The second-order valence-electron chi connectivity index (χ2n) is 9.01. The smallest absolute Gasteiger partial charge is 0.254 e. The lowest BCUT2D eigenvalue weighted by atomic mass is 9.85. The number of anilines is 3. The maximum absolute atomic E-state index is 14.6. The largest absolute Gasteiger partial charge is 0.464 e. The van der Waals surface area contributed by atoms with E-state index in [-0.39, 0.29) is 34.1 Å². The predicted molar refractivity (Wildman–Crippen MR) is 116 cm³/mol. The summed E-state index contributed by atoms with van der Waals surface area (Å²) >= 11 is 0. The summed E-state index contributed by atoms with van der Waals surface area (Å²) in [6.07, 6.45) is 0. The summed E-state index contributed by atoms with van der Waals surface area (Å²) in [7, 11) is 0. The van der Waals surface area contributed by atoms with Gasteiger partial charge in [0.25, 0.3) is 16.8 Å². The molecule has 2 unspecified atom stereocenters. The summed E-state index contributed by atoms with van der Waals surface area (Å²) in [5.41, 5.74) is -1.21. The Kier molecular flexibility index (Phi) is 4.76. The van der Waals surface area contributed by atoms with Crippen LogP contribution in [0, 0.1) is 18.2 Å². The van der Waals surface area contributed by atoms with Crippen molar-refractivity contribution in [3.05, 3.63) is 73.2 Å². The van der Waals surface area contributed by atoms with Gasteiger partial charge >= 0.3 is 0 Å². The van der Waals surface area contributed by atoms with Gasteiger partial charge in [0, 0.05) is 0 Å². The second-order valence-corrected chi connectivity index (χ2v) is 9.01. The van der Waals surface area contributed by atoms with Crippen molar-refractivity contribution < 1.29 is 13.6 Å². The Bertz CT molecular complexity index is 1260. The van der Waals surface area contributed by atoms with E-state index in [4.69, 9.17) is 4.42 Å². The number of nitrogens with one attached hydrogen (secondary N) is 3. The number of fused-ring (bicyclic) bond motifs is 1. The molecule has 0 saturated heterocycles. The highest BCUT2D eigenvalue weighted by Crippen LogP contribution is 2.39. The molecule has 1 aliphatic heterocycles. The minimum atomic E-state index is -0.769. The lowest BCUT2D eigenvalue weighted by Crippen LogP contribution is -2.39. The Labute approximate surface area is 178 Å². The molecular weight excluding hydrogens is 401 g/mol. The van der Waals surface area contributed by atoms with Gasteiger partial charge in [0.05, 0.1) is 23.3 Å². The number of carbonyl (C=O) groups excluding carboxylic acids is 1. The van der Waals surface area contributed by atoms with Crippen LogP contribution >= 0.6 is 0 Å². The summed E-state index contributed by atoms with van der Waals surface area (Å²) in [5.74, 6) is 0.216. The Hall–Kier alpha value is -3.42. The molecule has 1 amide bonds. The van der Waals surface area contributed by atoms with Crippen molar-refractivity contribution in [2.45, 2.75) is 46.7 Å². The summed E-state index contributed by atoms with van der Waals surface area (Å²) in [4.78, 5) is 37.1. The van der Waals surface area contributed by atoms with Crippen molar-refractivity contribution in [2.75, 3.05) is 10.6 Å². The summed E-state index contributed by atoms with van der Waals surface area (Å²) < 4.78 is 20.4. The summed E-state index contributed by atoms with van der Waals surface area (Å²) in [6.45, 7) is 9.51. The van der Waals surface area contributed by atoms with Gasteiger partial charge in [-0.05, 0) is 43.0 Å². The molecule has 31 heavy (non-hydrogen) atoms. The molecule has 1 aliphatic rings. The van der Waals surface area contributed by atoms with Crippen molar-refractivity contribution >= 4 is 23.0 Å². The average molecular weight is 425 g/mol. The normalized spacial score (nSPS) is 16.8. The molecule has 0 saturated carbocycles. The molecule has 2 aromatic carbocycles. The Morgan fingerprint density at radius 1 is 1.03 bits per heavy atom. The zero-order valence-electron chi connectivity index (χ0n) is 18.0. The number of hydrogen-bond donors (Lipinski definition) is 3. The molecule has 0 spiro atoms. The number of furan rings is 1. The minimum Gasteiger partial charge on any atom is -0.464 e. The molecule has 1 aromatic heterocycles. The summed E-state index contributed by atoms with van der Waals surface area (Å²) in [5, 5.41) is 8.56. The monoisotopic (exact) mass is 425 g/mol. The van der Waals surface area contributed by atoms with E-state index >= 15 is 0 Å². The molecule has 0 bridgehead atoms. The van der Waals surface area contributed by atoms with Crippen LogP contribution in [0.3, 0.4) is 0 Å². The second kappa shape index (κ2) is 7.08. The van der Waals surface area contributed by atoms with Crippen LogP contribution in [0.1, 0.15) is 67.2 Å². The first-order valence-electron chi connectivity index (χ1n) is 10.1. The first kappa shape index (κ1) is 20.8. The molecule has 4 rings (SSSR count). The van der Waals surface area contributed by atoms with Gasteiger partial charge in [-0.25, -0.2) is 4.39 Å². The number of aryl methyl sites for hydroxylation is 1. The van der Waals surface area contributed by atoms with Crippen LogP contribution in [-0.2, 0) is 0 Å². The maximum atomic E-state index is 14.6.